The quantitative estimate of drug-likeness (QED) is 0.420. The monoisotopic (exact) mass is 410 g/mol. The van der Waals surface area contributed by atoms with Crippen LogP contribution in [-0.2, 0) is 10.0 Å². The van der Waals surface area contributed by atoms with Gasteiger partial charge < -0.3 is 5.32 Å². The van der Waals surface area contributed by atoms with E-state index in [4.69, 9.17) is 5.14 Å². The second-order valence-corrected chi connectivity index (χ2v) is 8.60. The maximum absolute atomic E-state index is 14.3. The first kappa shape index (κ1) is 21.9. The van der Waals surface area contributed by atoms with Crippen molar-refractivity contribution < 1.29 is 26.0 Å². The zero-order valence-corrected chi connectivity index (χ0v) is 16.0. The summed E-state index contributed by atoms with van der Waals surface area (Å²) >= 11 is 0. The number of hydrogen-bond donors (Lipinski definition) is 2. The molecule has 0 bridgehead atoms. The minimum atomic E-state index is -4.80. The summed E-state index contributed by atoms with van der Waals surface area (Å²) in [5.41, 5.74) is -0.925. The van der Waals surface area contributed by atoms with Crippen LogP contribution in [0.4, 0.5) is 23.2 Å². The first-order valence-corrected chi connectivity index (χ1v) is 10.9. The van der Waals surface area contributed by atoms with E-state index in [0.29, 0.717) is 12.8 Å². The van der Waals surface area contributed by atoms with Gasteiger partial charge in [0.05, 0.1) is 5.69 Å². The van der Waals surface area contributed by atoms with Gasteiger partial charge in [-0.05, 0) is 12.8 Å². The molecule has 9 heteroatoms. The van der Waals surface area contributed by atoms with Gasteiger partial charge in [0.1, 0.15) is 4.90 Å². The van der Waals surface area contributed by atoms with E-state index in [1.54, 1.807) is 0 Å². The second-order valence-electron chi connectivity index (χ2n) is 7.11. The predicted molar refractivity (Wildman–Crippen MR) is 95.8 cm³/mol. The summed E-state index contributed by atoms with van der Waals surface area (Å²) in [4.78, 5) is -1.37. The topological polar surface area (TPSA) is 72.2 Å². The molecule has 0 amide bonds. The fourth-order valence-corrected chi connectivity index (χ4v) is 4.29. The molecule has 0 spiro atoms. The van der Waals surface area contributed by atoms with Crippen molar-refractivity contribution in [2.75, 3.05) is 5.32 Å². The molecule has 1 aromatic carbocycles. The van der Waals surface area contributed by atoms with E-state index in [-0.39, 0.29) is 6.04 Å². The molecule has 3 N–H and O–H groups in total. The SMILES string of the molecule is NS(=O)(=O)c1c(F)c(F)c(F)c(F)c1NC1CCCCCCCCCCC1. The highest BCUT2D eigenvalue weighted by molar-refractivity contribution is 7.89. The molecule has 0 aliphatic heterocycles. The van der Waals surface area contributed by atoms with E-state index in [1.165, 1.54) is 6.42 Å². The zero-order valence-electron chi connectivity index (χ0n) is 15.2. The van der Waals surface area contributed by atoms with E-state index >= 15 is 0 Å². The summed E-state index contributed by atoms with van der Waals surface area (Å²) in [5.74, 6) is -8.03. The third kappa shape index (κ3) is 5.81. The standard InChI is InChI=1S/C18H26F4N2O2S/c19-13-14(20)16(22)18(27(23,25)26)17(15(13)21)24-12-10-8-6-4-2-1-3-5-7-9-11-12/h12,24H,1-11H2,(H2,23,25,26). The first-order chi connectivity index (χ1) is 12.7. The van der Waals surface area contributed by atoms with Crippen LogP contribution in [-0.4, -0.2) is 14.5 Å². The van der Waals surface area contributed by atoms with Crippen LogP contribution in [0.2, 0.25) is 0 Å². The number of hydrogen-bond acceptors (Lipinski definition) is 3. The van der Waals surface area contributed by atoms with E-state index in [0.717, 1.165) is 51.4 Å². The number of benzene rings is 1. The number of anilines is 1. The average Bonchev–Trinajstić information content (AvgIpc) is 2.58. The number of nitrogens with two attached hydrogens (primary N) is 1. The molecule has 154 valence electrons. The summed E-state index contributed by atoms with van der Waals surface area (Å²) in [6.07, 6.45) is 10.4. The van der Waals surface area contributed by atoms with Crippen LogP contribution >= 0.6 is 0 Å². The molecule has 1 aromatic rings. The molecule has 1 fully saturated rings. The zero-order chi connectivity index (χ0) is 20.0. The summed E-state index contributed by atoms with van der Waals surface area (Å²) in [7, 11) is -4.80. The smallest absolute Gasteiger partial charge is 0.243 e. The summed E-state index contributed by atoms with van der Waals surface area (Å²) in [5, 5.41) is 7.53. The Labute approximate surface area is 157 Å². The lowest BCUT2D eigenvalue weighted by atomic mass is 9.97. The fourth-order valence-electron chi connectivity index (χ4n) is 3.52. The normalized spacial score (nSPS) is 18.6. The highest BCUT2D eigenvalue weighted by atomic mass is 32.2. The van der Waals surface area contributed by atoms with Crippen molar-refractivity contribution in [3.05, 3.63) is 23.3 Å². The molecule has 4 nitrogen and oxygen atoms in total. The number of rotatable bonds is 3. The Kier molecular flexibility index (Phi) is 7.91. The van der Waals surface area contributed by atoms with Gasteiger partial charge in [-0.2, -0.15) is 0 Å². The van der Waals surface area contributed by atoms with Crippen LogP contribution in [0.5, 0.6) is 0 Å². The Hall–Kier alpha value is -1.35. The molecule has 1 aliphatic carbocycles. The van der Waals surface area contributed by atoms with Gasteiger partial charge in [0.2, 0.25) is 10.0 Å². The lowest BCUT2D eigenvalue weighted by molar-refractivity contribution is 0.396. The lowest BCUT2D eigenvalue weighted by Crippen LogP contribution is -2.26. The van der Waals surface area contributed by atoms with E-state index in [9.17, 15) is 26.0 Å². The van der Waals surface area contributed by atoms with Gasteiger partial charge >= 0.3 is 0 Å². The van der Waals surface area contributed by atoms with Crippen molar-refractivity contribution in [2.24, 2.45) is 5.14 Å². The molecule has 1 saturated carbocycles. The van der Waals surface area contributed by atoms with Crippen LogP contribution in [0.25, 0.3) is 0 Å². The van der Waals surface area contributed by atoms with Gasteiger partial charge in [-0.3, -0.25) is 0 Å². The molecule has 0 saturated heterocycles. The minimum absolute atomic E-state index is 0.385. The van der Waals surface area contributed by atoms with Crippen molar-refractivity contribution in [1.29, 1.82) is 0 Å². The molecule has 2 rings (SSSR count). The average molecular weight is 410 g/mol. The van der Waals surface area contributed by atoms with E-state index < -0.39 is 43.9 Å². The van der Waals surface area contributed by atoms with Gasteiger partial charge in [0.15, 0.2) is 23.3 Å². The first-order valence-electron chi connectivity index (χ1n) is 9.38. The minimum Gasteiger partial charge on any atom is -0.379 e. The molecule has 1 aliphatic rings. The Morgan fingerprint density at radius 2 is 1.11 bits per heavy atom. The van der Waals surface area contributed by atoms with Crippen molar-refractivity contribution >= 4 is 15.7 Å². The Bertz CT molecular complexity index is 744. The van der Waals surface area contributed by atoms with Crippen molar-refractivity contribution in [3.8, 4) is 0 Å². The third-order valence-corrected chi connectivity index (χ3v) is 5.91. The summed E-state index contributed by atoms with van der Waals surface area (Å²) < 4.78 is 78.8. The highest BCUT2D eigenvalue weighted by Crippen LogP contribution is 2.33. The maximum atomic E-state index is 14.3. The molecular weight excluding hydrogens is 384 g/mol. The van der Waals surface area contributed by atoms with Crippen LogP contribution in [0.3, 0.4) is 0 Å². The molecule has 0 heterocycles. The lowest BCUT2D eigenvalue weighted by Gasteiger charge is -2.23. The predicted octanol–water partition coefficient (Wildman–Crippen LogP) is 4.98. The van der Waals surface area contributed by atoms with Crippen LogP contribution in [0.1, 0.15) is 70.6 Å². The van der Waals surface area contributed by atoms with Gasteiger partial charge in [0, 0.05) is 6.04 Å². The van der Waals surface area contributed by atoms with E-state index in [2.05, 4.69) is 5.32 Å². The largest absolute Gasteiger partial charge is 0.379 e. The maximum Gasteiger partial charge on any atom is 0.243 e. The molecule has 0 unspecified atom stereocenters. The third-order valence-electron chi connectivity index (χ3n) is 4.96. The van der Waals surface area contributed by atoms with Gasteiger partial charge in [-0.15, -0.1) is 0 Å². The fraction of sp³-hybridized carbons (Fsp3) is 0.667. The van der Waals surface area contributed by atoms with E-state index in [1.807, 2.05) is 0 Å². The highest BCUT2D eigenvalue weighted by Gasteiger charge is 2.32. The van der Waals surface area contributed by atoms with Crippen molar-refractivity contribution in [1.82, 2.24) is 0 Å². The van der Waals surface area contributed by atoms with Crippen LogP contribution < -0.4 is 10.5 Å². The molecule has 0 aromatic heterocycles. The van der Waals surface area contributed by atoms with Crippen LogP contribution in [0, 0.1) is 23.3 Å². The Balaban J connectivity index is 2.32. The van der Waals surface area contributed by atoms with Gasteiger partial charge in [-0.1, -0.05) is 57.8 Å². The van der Waals surface area contributed by atoms with Crippen molar-refractivity contribution in [2.45, 2.75) is 81.6 Å². The number of sulfonamides is 1. The number of nitrogens with one attached hydrogen (secondary N) is 1. The molecule has 27 heavy (non-hydrogen) atoms. The molecule has 0 radical (unpaired) electrons. The van der Waals surface area contributed by atoms with Crippen LogP contribution in [0.15, 0.2) is 4.90 Å². The Morgan fingerprint density at radius 1 is 0.704 bits per heavy atom. The molecular formula is C18H26F4N2O2S. The van der Waals surface area contributed by atoms with Gasteiger partial charge in [0.25, 0.3) is 0 Å². The molecule has 0 atom stereocenters. The van der Waals surface area contributed by atoms with Crippen molar-refractivity contribution in [3.63, 3.8) is 0 Å². The number of primary sulfonamides is 1. The second kappa shape index (κ2) is 9.73. The van der Waals surface area contributed by atoms with Gasteiger partial charge in [-0.25, -0.2) is 31.1 Å². The summed E-state index contributed by atoms with van der Waals surface area (Å²) in [6, 6.07) is -0.385. The Morgan fingerprint density at radius 3 is 1.56 bits per heavy atom. The summed E-state index contributed by atoms with van der Waals surface area (Å²) in [6.45, 7) is 0. The number of halogens is 4.